The molecule has 0 saturated heterocycles. The molecule has 17 aromatic carbocycles. The van der Waals surface area contributed by atoms with E-state index in [9.17, 15) is 0 Å². The first-order chi connectivity index (χ1) is 58.7. The van der Waals surface area contributed by atoms with Crippen molar-refractivity contribution in [3.63, 3.8) is 0 Å². The predicted octanol–water partition coefficient (Wildman–Crippen LogP) is 29.6. The zero-order chi connectivity index (χ0) is 81.1. The number of aromatic nitrogens is 6. The zero-order valence-corrected chi connectivity index (χ0v) is 68.8. The molecule has 9 heteroatoms. The number of rotatable bonds is 11. The van der Waals surface area contributed by atoms with E-state index in [1.165, 1.54) is 170 Å². The molecule has 0 fully saturated rings. The van der Waals surface area contributed by atoms with Crippen molar-refractivity contribution in [1.29, 1.82) is 0 Å². The van der Waals surface area contributed by atoms with E-state index in [0.717, 1.165) is 51.2 Å². The maximum Gasteiger partial charge on any atom is 0.0509 e. The van der Waals surface area contributed by atoms with Gasteiger partial charge in [0.25, 0.3) is 0 Å². The number of fused-ring (bicyclic) bond motifs is 18. The summed E-state index contributed by atoms with van der Waals surface area (Å²) in [5, 5.41) is 15.4. The standard InChI is InChI=1S/C40H32N4.C39H31N3.C32H26N2/c1-25-13-17-31-34-20-16-28(24-40(34)43(4)37(31)21-25)44(26-14-18-32-29-9-5-7-11-35(29)41(2)38(32)22-26)27-15-19-33-30-10-6-8-12-36(30)42(3)39(33)23-27;1-26-13-17-29(18-14-26)42(30-19-15-28(16-20-30)27-9-5-4-6-10-27)31-21-22-33-35-25-38-34(24-39(35)41(3)37(33)23-31)32-11-7-8-12-36(32)40(38)2;1-23-12-16-26(17-13-23)34(27-18-14-25(15-19-27)24-8-4-3-5-9-24)28-20-21-30-29-10-6-7-11-31(29)33(2)32(30)22-28/h5-24H,1-4H3;4-25H,1-3H3;3-22H,1-2H3. The average molecular weight is 1550 g/mol. The monoisotopic (exact) mass is 1550 g/mol. The number of hydrogen-bond acceptors (Lipinski definition) is 3. The fourth-order valence-corrected chi connectivity index (χ4v) is 18.9. The van der Waals surface area contributed by atoms with Gasteiger partial charge in [-0.05, 0) is 200 Å². The lowest BCUT2D eigenvalue weighted by molar-refractivity contribution is 1.01. The van der Waals surface area contributed by atoms with Crippen molar-refractivity contribution in [3.8, 4) is 22.3 Å². The minimum Gasteiger partial charge on any atom is -0.344 e. The Kier molecular flexibility index (Phi) is 17.7. The van der Waals surface area contributed by atoms with Crippen molar-refractivity contribution in [1.82, 2.24) is 27.4 Å². The Morgan fingerprint density at radius 2 is 0.333 bits per heavy atom. The fraction of sp³-hybridized carbons (Fsp3) is 0.0811. The van der Waals surface area contributed by atoms with Crippen LogP contribution in [0.3, 0.4) is 0 Å². The molecular formula is C111H89N9. The molecule has 0 atom stereocenters. The summed E-state index contributed by atoms with van der Waals surface area (Å²) in [4.78, 5) is 7.11. The molecule has 578 valence electrons. The number of benzene rings is 17. The number of anilines is 9. The average Bonchev–Trinajstić information content (AvgIpc) is 1.57. The van der Waals surface area contributed by atoms with Gasteiger partial charge < -0.3 is 42.1 Å². The number of hydrogen-bond donors (Lipinski definition) is 0. The van der Waals surface area contributed by atoms with E-state index in [2.05, 4.69) is 481 Å². The van der Waals surface area contributed by atoms with E-state index in [1.807, 2.05) is 0 Å². The molecule has 120 heavy (non-hydrogen) atoms. The molecular weight excluding hydrogens is 1460 g/mol. The highest BCUT2D eigenvalue weighted by Crippen LogP contribution is 2.47. The third-order valence-corrected chi connectivity index (χ3v) is 25.2. The highest BCUT2D eigenvalue weighted by molar-refractivity contribution is 6.19. The van der Waals surface area contributed by atoms with Crippen LogP contribution in [0.15, 0.2) is 376 Å². The van der Waals surface area contributed by atoms with E-state index in [1.54, 1.807) is 0 Å². The van der Waals surface area contributed by atoms with Crippen LogP contribution < -0.4 is 14.7 Å². The third kappa shape index (κ3) is 12.3. The zero-order valence-electron chi connectivity index (χ0n) is 68.8. The van der Waals surface area contributed by atoms with Crippen molar-refractivity contribution in [2.24, 2.45) is 42.3 Å². The van der Waals surface area contributed by atoms with Gasteiger partial charge in [-0.2, -0.15) is 0 Å². The van der Waals surface area contributed by atoms with E-state index >= 15 is 0 Å². The Hall–Kier alpha value is -15.1. The van der Waals surface area contributed by atoms with Crippen molar-refractivity contribution < 1.29 is 0 Å². The van der Waals surface area contributed by atoms with E-state index in [4.69, 9.17) is 0 Å². The molecule has 0 aliphatic heterocycles. The summed E-state index contributed by atoms with van der Waals surface area (Å²) >= 11 is 0. The van der Waals surface area contributed by atoms with Gasteiger partial charge in [0.15, 0.2) is 0 Å². The van der Waals surface area contributed by atoms with E-state index < -0.39 is 0 Å². The van der Waals surface area contributed by atoms with Gasteiger partial charge >= 0.3 is 0 Å². The largest absolute Gasteiger partial charge is 0.344 e. The molecule has 23 rings (SSSR count). The molecule has 0 aliphatic rings. The third-order valence-electron chi connectivity index (χ3n) is 25.2. The molecule has 0 aliphatic carbocycles. The molecule has 23 aromatic rings. The summed E-state index contributed by atoms with van der Waals surface area (Å²) in [7, 11) is 13.0. The van der Waals surface area contributed by atoms with Gasteiger partial charge in [0.2, 0.25) is 0 Å². The summed E-state index contributed by atoms with van der Waals surface area (Å²) in [6, 6.07) is 137. The van der Waals surface area contributed by atoms with Crippen molar-refractivity contribution >= 4 is 182 Å². The van der Waals surface area contributed by atoms with Crippen LogP contribution in [-0.2, 0) is 42.3 Å². The van der Waals surface area contributed by atoms with E-state index in [-0.39, 0.29) is 0 Å². The van der Waals surface area contributed by atoms with Gasteiger partial charge in [-0.25, -0.2) is 0 Å². The first-order valence-corrected chi connectivity index (χ1v) is 41.4. The number of aryl methyl sites for hydroxylation is 9. The maximum atomic E-state index is 2.41. The molecule has 0 radical (unpaired) electrons. The highest BCUT2D eigenvalue weighted by atomic mass is 15.2. The smallest absolute Gasteiger partial charge is 0.0509 e. The molecule has 6 heterocycles. The molecule has 6 aromatic heterocycles. The number of nitrogens with zero attached hydrogens (tertiary/aromatic N) is 9. The minimum atomic E-state index is 1.13. The second-order valence-electron chi connectivity index (χ2n) is 32.3. The highest BCUT2D eigenvalue weighted by Gasteiger charge is 2.24. The molecule has 0 N–H and O–H groups in total. The van der Waals surface area contributed by atoms with Crippen LogP contribution in [0.25, 0.3) is 153 Å². The van der Waals surface area contributed by atoms with Gasteiger partial charge in [0, 0.05) is 197 Å². The summed E-state index contributed by atoms with van der Waals surface area (Å²) in [5.41, 5.74) is 33.8. The van der Waals surface area contributed by atoms with Crippen LogP contribution in [0, 0.1) is 20.8 Å². The molecule has 0 unspecified atom stereocenters. The topological polar surface area (TPSA) is 39.3 Å². The van der Waals surface area contributed by atoms with Crippen molar-refractivity contribution in [2.45, 2.75) is 20.8 Å². The van der Waals surface area contributed by atoms with Crippen LogP contribution in [0.1, 0.15) is 16.7 Å². The summed E-state index contributed by atoms with van der Waals surface area (Å²) < 4.78 is 13.9. The molecule has 9 nitrogen and oxygen atoms in total. The van der Waals surface area contributed by atoms with Crippen LogP contribution in [0.2, 0.25) is 0 Å². The van der Waals surface area contributed by atoms with Crippen molar-refractivity contribution in [2.75, 3.05) is 14.7 Å². The van der Waals surface area contributed by atoms with Crippen LogP contribution in [0.5, 0.6) is 0 Å². The summed E-state index contributed by atoms with van der Waals surface area (Å²) in [5.74, 6) is 0. The van der Waals surface area contributed by atoms with Gasteiger partial charge in [0.1, 0.15) is 0 Å². The van der Waals surface area contributed by atoms with Crippen LogP contribution >= 0.6 is 0 Å². The first kappa shape index (κ1) is 72.6. The Labute approximate surface area is 697 Å². The van der Waals surface area contributed by atoms with Gasteiger partial charge in [-0.15, -0.1) is 0 Å². The quantitative estimate of drug-likeness (QED) is 0.130. The Bertz CT molecular complexity index is 7810. The Balaban J connectivity index is 0.000000112. The first-order valence-electron chi connectivity index (χ1n) is 41.4. The molecule has 0 amide bonds. The SMILES string of the molecule is Cc1ccc(N(c2ccc(-c3ccccc3)cc2)c2ccc3c4cc5c(cc4n(C)c3c2)c2ccccc2n5C)cc1.Cc1ccc(N(c2ccc(-c3ccccc3)cc2)c2ccc3c4ccccc4n(C)c3c2)cc1.Cc1ccc2c3ccc(N(c4ccc5c6ccccc6n(C)c5c4)c4ccc5c6ccccc6n(C)c5c4)cc3n(C)c2c1. The second kappa shape index (κ2) is 29.3. The molecule has 0 spiro atoms. The second-order valence-corrected chi connectivity index (χ2v) is 32.3. The lowest BCUT2D eigenvalue weighted by atomic mass is 10.0. The maximum absolute atomic E-state index is 2.41. The molecule has 0 bridgehead atoms. The van der Waals surface area contributed by atoms with Crippen LogP contribution in [0.4, 0.5) is 51.2 Å². The van der Waals surface area contributed by atoms with Gasteiger partial charge in [0.05, 0.1) is 27.6 Å². The van der Waals surface area contributed by atoms with Gasteiger partial charge in [-0.1, -0.05) is 236 Å². The van der Waals surface area contributed by atoms with Crippen molar-refractivity contribution in [3.05, 3.63) is 393 Å². The minimum absolute atomic E-state index is 1.13. The summed E-state index contributed by atoms with van der Waals surface area (Å²) in [6.45, 7) is 6.43. The lowest BCUT2D eigenvalue weighted by Crippen LogP contribution is -2.10. The molecule has 0 saturated carbocycles. The van der Waals surface area contributed by atoms with E-state index in [0.29, 0.717) is 0 Å². The van der Waals surface area contributed by atoms with Crippen LogP contribution in [-0.4, -0.2) is 27.4 Å². The van der Waals surface area contributed by atoms with Gasteiger partial charge in [-0.3, -0.25) is 0 Å². The number of para-hydroxylation sites is 4. The lowest BCUT2D eigenvalue weighted by Gasteiger charge is -2.26. The summed E-state index contributed by atoms with van der Waals surface area (Å²) in [6.07, 6.45) is 0. The normalized spacial score (nSPS) is 11.7. The predicted molar refractivity (Wildman–Crippen MR) is 512 cm³/mol. The Morgan fingerprint density at radius 1 is 0.142 bits per heavy atom. The Morgan fingerprint density at radius 3 is 0.642 bits per heavy atom. The fourth-order valence-electron chi connectivity index (χ4n) is 18.9.